The van der Waals surface area contributed by atoms with E-state index in [1.807, 2.05) is 13.8 Å². The van der Waals surface area contributed by atoms with Crippen molar-refractivity contribution < 1.29 is 41.5 Å². The third-order valence-electron chi connectivity index (χ3n) is 4.86. The van der Waals surface area contributed by atoms with Crippen LogP contribution in [0.2, 0.25) is 0 Å². The first-order chi connectivity index (χ1) is 17.8. The first-order valence-electron chi connectivity index (χ1n) is 11.0. The van der Waals surface area contributed by atoms with Gasteiger partial charge in [-0.1, -0.05) is 0 Å². The molecule has 2 heterocycles. The van der Waals surface area contributed by atoms with Crippen molar-refractivity contribution in [2.24, 2.45) is 0 Å². The number of carbonyl (C=O) groups is 1. The van der Waals surface area contributed by atoms with E-state index in [2.05, 4.69) is 10.3 Å². The summed E-state index contributed by atoms with van der Waals surface area (Å²) in [5, 5.41) is 4.48. The first-order valence-corrected chi connectivity index (χ1v) is 15.4. The van der Waals surface area contributed by atoms with Gasteiger partial charge in [-0.3, -0.25) is 14.7 Å². The number of benzene rings is 2. The quantitative estimate of drug-likeness (QED) is 0.242. The van der Waals surface area contributed by atoms with Crippen molar-refractivity contribution in [3.8, 4) is 28.7 Å². The molecule has 0 unspecified atom stereocenters. The monoisotopic (exact) mass is 578 g/mol. The van der Waals surface area contributed by atoms with Gasteiger partial charge in [0.1, 0.15) is 22.9 Å². The van der Waals surface area contributed by atoms with Crippen LogP contribution in [0.15, 0.2) is 69.3 Å². The Morgan fingerprint density at radius 1 is 1.05 bits per heavy atom. The van der Waals surface area contributed by atoms with Gasteiger partial charge in [0.05, 0.1) is 11.0 Å². The van der Waals surface area contributed by atoms with E-state index in [9.17, 15) is 27.6 Å². The minimum atomic E-state index is -4.54. The van der Waals surface area contributed by atoms with Crippen molar-refractivity contribution in [2.75, 3.05) is 11.6 Å². The van der Waals surface area contributed by atoms with E-state index >= 15 is 0 Å². The van der Waals surface area contributed by atoms with Gasteiger partial charge >= 0.3 is 7.60 Å². The first kappa shape index (κ1) is 27.6. The smallest absolute Gasteiger partial charge is 0.391 e. The minimum absolute atomic E-state index is 0.144. The van der Waals surface area contributed by atoms with Crippen LogP contribution in [0, 0.1) is 0 Å². The topological polar surface area (TPSA) is 165 Å². The molecular weight excluding hydrogens is 555 g/mol. The Bertz CT molecular complexity index is 1620. The number of nitrogens with zero attached hydrogens (tertiary/aromatic N) is 1. The number of aromatic nitrogens is 1. The van der Waals surface area contributed by atoms with E-state index in [4.69, 9.17) is 13.9 Å². The predicted octanol–water partition coefficient (Wildman–Crippen LogP) is 4.44. The van der Waals surface area contributed by atoms with E-state index in [1.54, 1.807) is 17.5 Å². The maximum Gasteiger partial charge on any atom is 0.391 e. The average Bonchev–Trinajstić information content (AvgIpc) is 3.48. The Labute approximate surface area is 222 Å². The van der Waals surface area contributed by atoms with Crippen LogP contribution >= 0.6 is 18.9 Å². The fourth-order valence-corrected chi connectivity index (χ4v) is 5.04. The molecule has 2 aromatic carbocycles. The molecule has 1 amide bonds. The lowest BCUT2D eigenvalue weighted by atomic mass is 10.2. The highest BCUT2D eigenvalue weighted by atomic mass is 32.2. The van der Waals surface area contributed by atoms with Gasteiger partial charge in [-0.05, 0) is 62.4 Å². The molecule has 0 radical (unpaired) electrons. The number of thiazole rings is 1. The van der Waals surface area contributed by atoms with Crippen LogP contribution in [0.5, 0.6) is 17.2 Å². The largest absolute Gasteiger partial charge is 0.491 e. The molecule has 0 saturated heterocycles. The summed E-state index contributed by atoms with van der Waals surface area (Å²) >= 11 is 1.10. The molecule has 0 fully saturated rings. The van der Waals surface area contributed by atoms with Gasteiger partial charge in [-0.25, -0.2) is 13.4 Å². The zero-order chi connectivity index (χ0) is 27.7. The standard InChI is InChI=1S/C24H23N2O9PS2/c1-14(2)33-17-10-15(11-18(12-17)34-16-4-6-19(7-5-16)38(3,31)32)23(27)26-24-25-20(13-37-24)21-8-9-22(35-21)36(28,29)30/h4-14H,1-3H3,(H,25,26,27)(H2,28,29,30). The summed E-state index contributed by atoms with van der Waals surface area (Å²) in [4.78, 5) is 35.9. The molecule has 0 aliphatic carbocycles. The molecule has 2 aromatic heterocycles. The molecule has 14 heteroatoms. The van der Waals surface area contributed by atoms with E-state index < -0.39 is 28.8 Å². The average molecular weight is 579 g/mol. The third kappa shape index (κ3) is 6.88. The highest BCUT2D eigenvalue weighted by molar-refractivity contribution is 7.90. The lowest BCUT2D eigenvalue weighted by molar-refractivity contribution is 0.102. The van der Waals surface area contributed by atoms with Gasteiger partial charge in [0.15, 0.2) is 20.7 Å². The number of furan rings is 1. The van der Waals surface area contributed by atoms with Crippen molar-refractivity contribution in [1.29, 1.82) is 0 Å². The summed E-state index contributed by atoms with van der Waals surface area (Å²) in [6.45, 7) is 3.67. The number of rotatable bonds is 9. The van der Waals surface area contributed by atoms with Crippen LogP contribution < -0.4 is 20.3 Å². The molecule has 4 rings (SSSR count). The van der Waals surface area contributed by atoms with Gasteiger partial charge in [0.25, 0.3) is 5.91 Å². The van der Waals surface area contributed by atoms with Gasteiger partial charge in [0, 0.05) is 23.3 Å². The number of amides is 1. The Balaban J connectivity index is 1.55. The van der Waals surface area contributed by atoms with E-state index in [0.29, 0.717) is 22.9 Å². The molecule has 0 spiro atoms. The third-order valence-corrected chi connectivity index (χ3v) is 7.56. The summed E-state index contributed by atoms with van der Waals surface area (Å²) in [5.41, 5.74) is 0.0273. The maximum absolute atomic E-state index is 13.0. The van der Waals surface area contributed by atoms with Gasteiger partial charge in [-0.2, -0.15) is 0 Å². The minimum Gasteiger partial charge on any atom is -0.491 e. The molecule has 0 saturated carbocycles. The predicted molar refractivity (Wildman–Crippen MR) is 141 cm³/mol. The fourth-order valence-electron chi connectivity index (χ4n) is 3.23. The number of hydrogen-bond donors (Lipinski definition) is 3. The highest BCUT2D eigenvalue weighted by Gasteiger charge is 2.23. The number of sulfone groups is 1. The van der Waals surface area contributed by atoms with Crippen LogP contribution in [-0.4, -0.2) is 41.5 Å². The lowest BCUT2D eigenvalue weighted by Gasteiger charge is -2.14. The normalized spacial score (nSPS) is 11.9. The summed E-state index contributed by atoms with van der Waals surface area (Å²) in [7, 11) is -7.90. The molecule has 0 bridgehead atoms. The van der Waals surface area contributed by atoms with Crippen LogP contribution in [0.3, 0.4) is 0 Å². The summed E-state index contributed by atoms with van der Waals surface area (Å²) in [5.74, 6) is 0.678. The van der Waals surface area contributed by atoms with Crippen LogP contribution in [-0.2, 0) is 14.4 Å². The Kier molecular flexibility index (Phi) is 7.77. The van der Waals surface area contributed by atoms with Crippen molar-refractivity contribution in [1.82, 2.24) is 4.98 Å². The lowest BCUT2D eigenvalue weighted by Crippen LogP contribution is -2.13. The van der Waals surface area contributed by atoms with Crippen LogP contribution in [0.25, 0.3) is 11.5 Å². The van der Waals surface area contributed by atoms with Crippen molar-refractivity contribution in [2.45, 2.75) is 24.8 Å². The van der Waals surface area contributed by atoms with Crippen molar-refractivity contribution >= 4 is 45.3 Å². The molecule has 4 aromatic rings. The van der Waals surface area contributed by atoms with Crippen LogP contribution in [0.4, 0.5) is 5.13 Å². The molecule has 38 heavy (non-hydrogen) atoms. The Morgan fingerprint density at radius 2 is 1.74 bits per heavy atom. The van der Waals surface area contributed by atoms with E-state index in [1.165, 1.54) is 42.5 Å². The van der Waals surface area contributed by atoms with Gasteiger partial charge in [0.2, 0.25) is 5.50 Å². The Hall–Kier alpha value is -3.48. The maximum atomic E-state index is 13.0. The van der Waals surface area contributed by atoms with Gasteiger partial charge < -0.3 is 23.7 Å². The summed E-state index contributed by atoms with van der Waals surface area (Å²) in [6, 6.07) is 13.1. The number of nitrogens with one attached hydrogen (secondary N) is 1. The molecule has 0 atom stereocenters. The van der Waals surface area contributed by atoms with Crippen LogP contribution in [0.1, 0.15) is 24.2 Å². The molecule has 0 aliphatic heterocycles. The summed E-state index contributed by atoms with van der Waals surface area (Å²) < 4.78 is 51.6. The summed E-state index contributed by atoms with van der Waals surface area (Å²) in [6.07, 6.45) is 0.934. The number of anilines is 1. The highest BCUT2D eigenvalue weighted by Crippen LogP contribution is 2.36. The molecule has 200 valence electrons. The molecular formula is C24H23N2O9PS2. The van der Waals surface area contributed by atoms with Crippen molar-refractivity contribution in [3.63, 3.8) is 0 Å². The number of ether oxygens (including phenoxy) is 2. The molecule has 0 aliphatic rings. The molecule has 11 nitrogen and oxygen atoms in total. The fraction of sp³-hybridized carbons (Fsp3) is 0.167. The Morgan fingerprint density at radius 3 is 2.34 bits per heavy atom. The van der Waals surface area contributed by atoms with Gasteiger partial charge in [-0.15, -0.1) is 11.3 Å². The zero-order valence-corrected chi connectivity index (χ0v) is 22.8. The second-order valence-corrected chi connectivity index (χ2v) is 12.8. The molecule has 3 N–H and O–H groups in total. The van der Waals surface area contributed by atoms with E-state index in [0.717, 1.165) is 17.6 Å². The zero-order valence-electron chi connectivity index (χ0n) is 20.3. The number of hydrogen-bond acceptors (Lipinski definition) is 9. The second-order valence-electron chi connectivity index (χ2n) is 8.38. The number of carbonyl (C=O) groups excluding carboxylic acids is 1. The SMILES string of the molecule is CC(C)Oc1cc(Oc2ccc(S(C)(=O)=O)cc2)cc(C(=O)Nc2nc(-c3ccc(P(=O)(O)O)o3)cs2)c1. The van der Waals surface area contributed by atoms with Crippen molar-refractivity contribution in [3.05, 3.63) is 65.5 Å². The second kappa shape index (κ2) is 10.7. The van der Waals surface area contributed by atoms with E-state index in [-0.39, 0.29) is 27.5 Å².